The molecule has 1 unspecified atom stereocenters. The van der Waals surface area contributed by atoms with Gasteiger partial charge in [0.05, 0.1) is 11.3 Å². The molecule has 0 aliphatic rings. The van der Waals surface area contributed by atoms with Crippen LogP contribution in [0, 0.1) is 6.92 Å². The van der Waals surface area contributed by atoms with Crippen molar-refractivity contribution >= 4 is 21.8 Å². The number of nitrogens with one attached hydrogen (secondary N) is 1. The zero-order valence-corrected chi connectivity index (χ0v) is 13.2. The highest BCUT2D eigenvalue weighted by Crippen LogP contribution is 2.08. The van der Waals surface area contributed by atoms with Crippen LogP contribution < -0.4 is 5.32 Å². The zero-order chi connectivity index (χ0) is 14.5. The van der Waals surface area contributed by atoms with E-state index in [2.05, 4.69) is 38.5 Å². The van der Waals surface area contributed by atoms with Gasteiger partial charge < -0.3 is 5.32 Å². The van der Waals surface area contributed by atoms with E-state index in [1.165, 1.54) is 5.56 Å². The molecular formula is C15H18BrN3O. The molecule has 20 heavy (non-hydrogen) atoms. The van der Waals surface area contributed by atoms with Crippen LogP contribution in [0.25, 0.3) is 0 Å². The van der Waals surface area contributed by atoms with Gasteiger partial charge in [-0.2, -0.15) is 5.10 Å². The molecular weight excluding hydrogens is 318 g/mol. The number of aryl methyl sites for hydroxylation is 2. The maximum absolute atomic E-state index is 12.3. The summed E-state index contributed by atoms with van der Waals surface area (Å²) in [6.45, 7) is 1.84. The second-order valence-electron chi connectivity index (χ2n) is 4.82. The maximum Gasteiger partial charge on any atom is 0.255 e. The smallest absolute Gasteiger partial charge is 0.255 e. The minimum atomic E-state index is -0.0732. The molecule has 2 rings (SSSR count). The summed E-state index contributed by atoms with van der Waals surface area (Å²) in [7, 11) is 1.82. The number of alkyl halides is 1. The average molecular weight is 336 g/mol. The Labute approximate surface area is 127 Å². The van der Waals surface area contributed by atoms with Crippen LogP contribution in [0.3, 0.4) is 0 Å². The molecule has 0 aliphatic heterocycles. The van der Waals surface area contributed by atoms with E-state index in [0.717, 1.165) is 12.1 Å². The second-order valence-corrected chi connectivity index (χ2v) is 5.46. The number of hydrogen-bond donors (Lipinski definition) is 1. The third-order valence-electron chi connectivity index (χ3n) is 3.10. The number of hydrogen-bond acceptors (Lipinski definition) is 2. The van der Waals surface area contributed by atoms with E-state index < -0.39 is 0 Å². The van der Waals surface area contributed by atoms with E-state index in [0.29, 0.717) is 10.9 Å². The van der Waals surface area contributed by atoms with Crippen molar-refractivity contribution in [2.24, 2.45) is 7.05 Å². The highest BCUT2D eigenvalue weighted by atomic mass is 79.9. The quantitative estimate of drug-likeness (QED) is 0.853. The standard InChI is InChI=1S/C15H18BrN3O/c1-11-14(10-19(2)18-11)15(20)17-13(9-16)8-12-6-4-3-5-7-12/h3-7,10,13H,8-9H2,1-2H3,(H,17,20). The first-order valence-electron chi connectivity index (χ1n) is 6.51. The third kappa shape index (κ3) is 3.70. The summed E-state index contributed by atoms with van der Waals surface area (Å²) in [5, 5.41) is 7.96. The van der Waals surface area contributed by atoms with E-state index in [4.69, 9.17) is 0 Å². The lowest BCUT2D eigenvalue weighted by atomic mass is 10.1. The molecule has 0 spiro atoms. The van der Waals surface area contributed by atoms with Crippen molar-refractivity contribution in [2.75, 3.05) is 5.33 Å². The fraction of sp³-hybridized carbons (Fsp3) is 0.333. The molecule has 1 heterocycles. The molecule has 1 amide bonds. The van der Waals surface area contributed by atoms with Gasteiger partial charge in [-0.15, -0.1) is 0 Å². The minimum Gasteiger partial charge on any atom is -0.348 e. The maximum atomic E-state index is 12.3. The van der Waals surface area contributed by atoms with E-state index >= 15 is 0 Å². The molecule has 4 nitrogen and oxygen atoms in total. The van der Waals surface area contributed by atoms with Gasteiger partial charge in [-0.05, 0) is 18.9 Å². The van der Waals surface area contributed by atoms with Gasteiger partial charge in [0.1, 0.15) is 0 Å². The molecule has 0 aliphatic carbocycles. The van der Waals surface area contributed by atoms with Crippen LogP contribution in [-0.2, 0) is 13.5 Å². The van der Waals surface area contributed by atoms with Gasteiger partial charge in [-0.3, -0.25) is 9.48 Å². The molecule has 1 N–H and O–H groups in total. The Bertz CT molecular complexity index is 580. The van der Waals surface area contributed by atoms with Crippen LogP contribution >= 0.6 is 15.9 Å². The number of aromatic nitrogens is 2. The van der Waals surface area contributed by atoms with E-state index in [1.807, 2.05) is 32.2 Å². The number of benzene rings is 1. The Morgan fingerprint density at radius 1 is 1.40 bits per heavy atom. The van der Waals surface area contributed by atoms with E-state index in [1.54, 1.807) is 10.9 Å². The Hall–Kier alpha value is -1.62. The summed E-state index contributed by atoms with van der Waals surface area (Å²) < 4.78 is 1.66. The molecule has 1 aromatic carbocycles. The van der Waals surface area contributed by atoms with Crippen LogP contribution in [0.4, 0.5) is 0 Å². The van der Waals surface area contributed by atoms with E-state index in [9.17, 15) is 4.79 Å². The molecule has 2 aromatic rings. The highest BCUT2D eigenvalue weighted by molar-refractivity contribution is 9.09. The largest absolute Gasteiger partial charge is 0.348 e. The second kappa shape index (κ2) is 6.70. The first-order valence-corrected chi connectivity index (χ1v) is 7.63. The summed E-state index contributed by atoms with van der Waals surface area (Å²) in [5.41, 5.74) is 2.59. The number of rotatable bonds is 5. The van der Waals surface area contributed by atoms with Crippen molar-refractivity contribution in [2.45, 2.75) is 19.4 Å². The van der Waals surface area contributed by atoms with Gasteiger partial charge in [0.2, 0.25) is 0 Å². The van der Waals surface area contributed by atoms with Crippen molar-refractivity contribution in [3.63, 3.8) is 0 Å². The average Bonchev–Trinajstić information content (AvgIpc) is 2.78. The lowest BCUT2D eigenvalue weighted by Gasteiger charge is -2.16. The topological polar surface area (TPSA) is 46.9 Å². The number of carbonyl (C=O) groups excluding carboxylic acids is 1. The molecule has 0 fully saturated rings. The third-order valence-corrected chi connectivity index (χ3v) is 3.89. The molecule has 1 atom stereocenters. The van der Waals surface area contributed by atoms with Gasteiger partial charge in [0, 0.05) is 24.6 Å². The summed E-state index contributed by atoms with van der Waals surface area (Å²) in [6.07, 6.45) is 2.55. The number of halogens is 1. The first-order chi connectivity index (χ1) is 9.60. The molecule has 0 bridgehead atoms. The predicted molar refractivity (Wildman–Crippen MR) is 83.1 cm³/mol. The lowest BCUT2D eigenvalue weighted by Crippen LogP contribution is -2.37. The molecule has 0 saturated carbocycles. The van der Waals surface area contributed by atoms with Crippen LogP contribution in [0.5, 0.6) is 0 Å². The summed E-state index contributed by atoms with van der Waals surface area (Å²) >= 11 is 3.46. The normalized spacial score (nSPS) is 12.2. The van der Waals surface area contributed by atoms with Gasteiger partial charge in [0.15, 0.2) is 0 Å². The number of amides is 1. The Morgan fingerprint density at radius 3 is 2.65 bits per heavy atom. The summed E-state index contributed by atoms with van der Waals surface area (Å²) in [5.74, 6) is -0.0732. The molecule has 106 valence electrons. The van der Waals surface area contributed by atoms with Crippen molar-refractivity contribution in [3.05, 3.63) is 53.3 Å². The minimum absolute atomic E-state index is 0.0597. The Morgan fingerprint density at radius 2 is 2.10 bits per heavy atom. The van der Waals surface area contributed by atoms with Crippen LogP contribution in [0.15, 0.2) is 36.5 Å². The molecule has 5 heteroatoms. The van der Waals surface area contributed by atoms with Crippen LogP contribution in [0.1, 0.15) is 21.6 Å². The highest BCUT2D eigenvalue weighted by Gasteiger charge is 2.16. The zero-order valence-electron chi connectivity index (χ0n) is 11.6. The van der Waals surface area contributed by atoms with Crippen molar-refractivity contribution < 1.29 is 4.79 Å². The number of carbonyl (C=O) groups is 1. The fourth-order valence-corrected chi connectivity index (χ4v) is 2.52. The lowest BCUT2D eigenvalue weighted by molar-refractivity contribution is 0.0940. The molecule has 0 saturated heterocycles. The van der Waals surface area contributed by atoms with Gasteiger partial charge in [-0.25, -0.2) is 0 Å². The Balaban J connectivity index is 2.03. The SMILES string of the molecule is Cc1nn(C)cc1C(=O)NC(CBr)Cc1ccccc1. The van der Waals surface area contributed by atoms with Gasteiger partial charge >= 0.3 is 0 Å². The van der Waals surface area contributed by atoms with Crippen LogP contribution in [0.2, 0.25) is 0 Å². The van der Waals surface area contributed by atoms with Crippen molar-refractivity contribution in [1.82, 2.24) is 15.1 Å². The van der Waals surface area contributed by atoms with Crippen molar-refractivity contribution in [3.8, 4) is 0 Å². The first kappa shape index (κ1) is 14.8. The molecule has 1 aromatic heterocycles. The Kier molecular flexibility index (Phi) is 4.95. The molecule has 0 radical (unpaired) electrons. The van der Waals surface area contributed by atoms with Crippen molar-refractivity contribution in [1.29, 1.82) is 0 Å². The summed E-state index contributed by atoms with van der Waals surface area (Å²) in [4.78, 5) is 12.3. The summed E-state index contributed by atoms with van der Waals surface area (Å²) in [6, 6.07) is 10.2. The predicted octanol–water partition coefficient (Wildman–Crippen LogP) is 2.46. The van der Waals surface area contributed by atoms with Crippen LogP contribution in [-0.4, -0.2) is 27.1 Å². The van der Waals surface area contributed by atoms with Gasteiger partial charge in [0.25, 0.3) is 5.91 Å². The van der Waals surface area contributed by atoms with Gasteiger partial charge in [-0.1, -0.05) is 46.3 Å². The van der Waals surface area contributed by atoms with E-state index in [-0.39, 0.29) is 11.9 Å². The number of nitrogens with zero attached hydrogens (tertiary/aromatic N) is 2. The monoisotopic (exact) mass is 335 g/mol. The fourth-order valence-electron chi connectivity index (χ4n) is 2.13.